The summed E-state index contributed by atoms with van der Waals surface area (Å²) in [4.78, 5) is 2.70. The summed E-state index contributed by atoms with van der Waals surface area (Å²) in [5.41, 5.74) is 0. The maximum Gasteiger partial charge on any atom is 0.230 e. The highest BCUT2D eigenvalue weighted by molar-refractivity contribution is 7.92. The first-order chi connectivity index (χ1) is 4.58. The van der Waals surface area contributed by atoms with Crippen LogP contribution in [0.5, 0.6) is 0 Å². The number of hydrogen-bond acceptors (Lipinski definition) is 2. The van der Waals surface area contributed by atoms with Crippen LogP contribution in [0.4, 0.5) is 5.82 Å². The highest BCUT2D eigenvalue weighted by Gasteiger charge is 1.99. The number of rotatable bonds is 2. The number of aromatic amines is 1. The third-order valence-corrected chi connectivity index (χ3v) is 1.48. The molecule has 0 amide bonds. The largest absolute Gasteiger partial charge is 0.348 e. The summed E-state index contributed by atoms with van der Waals surface area (Å²) in [6.07, 6.45) is 2.75. The summed E-state index contributed by atoms with van der Waals surface area (Å²) in [6, 6.07) is 3.36. The number of sulfonamides is 1. The Morgan fingerprint density at radius 2 is 2.30 bits per heavy atom. The van der Waals surface area contributed by atoms with Gasteiger partial charge in [0.1, 0.15) is 5.82 Å². The quantitative estimate of drug-likeness (QED) is 0.657. The maximum absolute atomic E-state index is 10.6. The predicted octanol–water partition coefficient (Wildman–Crippen LogP) is 0.386. The van der Waals surface area contributed by atoms with Crippen molar-refractivity contribution < 1.29 is 8.42 Å². The number of nitrogens with one attached hydrogen (secondary N) is 2. The van der Waals surface area contributed by atoms with Crippen molar-refractivity contribution in [1.29, 1.82) is 0 Å². The molecule has 0 aliphatic heterocycles. The Kier molecular flexibility index (Phi) is 1.67. The molecule has 2 N–H and O–H groups in total. The van der Waals surface area contributed by atoms with Gasteiger partial charge >= 0.3 is 0 Å². The second-order valence-corrected chi connectivity index (χ2v) is 3.71. The lowest BCUT2D eigenvalue weighted by atomic mass is 10.6. The summed E-state index contributed by atoms with van der Waals surface area (Å²) in [5.74, 6) is 0.488. The van der Waals surface area contributed by atoms with E-state index in [9.17, 15) is 8.42 Å². The molecule has 0 radical (unpaired) electrons. The maximum atomic E-state index is 10.6. The highest BCUT2D eigenvalue weighted by Crippen LogP contribution is 2.01. The number of H-pyrrole nitrogens is 1. The number of aromatic nitrogens is 1. The van der Waals surface area contributed by atoms with Crippen molar-refractivity contribution in [2.24, 2.45) is 0 Å². The normalized spacial score (nSPS) is 11.3. The lowest BCUT2D eigenvalue weighted by molar-refractivity contribution is 0.606. The molecule has 10 heavy (non-hydrogen) atoms. The molecule has 0 fully saturated rings. The van der Waals surface area contributed by atoms with E-state index in [0.29, 0.717) is 5.82 Å². The van der Waals surface area contributed by atoms with Crippen LogP contribution in [0.15, 0.2) is 18.3 Å². The minimum Gasteiger partial charge on any atom is -0.348 e. The van der Waals surface area contributed by atoms with E-state index in [1.165, 1.54) is 0 Å². The Morgan fingerprint density at radius 3 is 2.70 bits per heavy atom. The monoisotopic (exact) mass is 160 g/mol. The van der Waals surface area contributed by atoms with Crippen molar-refractivity contribution in [3.63, 3.8) is 0 Å². The van der Waals surface area contributed by atoms with Gasteiger partial charge in [-0.25, -0.2) is 8.42 Å². The topological polar surface area (TPSA) is 62.0 Å². The van der Waals surface area contributed by atoms with Gasteiger partial charge in [0, 0.05) is 6.20 Å². The predicted molar refractivity (Wildman–Crippen MR) is 39.3 cm³/mol. The van der Waals surface area contributed by atoms with E-state index in [0.717, 1.165) is 6.26 Å². The van der Waals surface area contributed by atoms with Crippen LogP contribution in [0, 0.1) is 0 Å². The molecule has 1 rings (SSSR count). The van der Waals surface area contributed by atoms with Gasteiger partial charge in [-0.2, -0.15) is 0 Å². The van der Waals surface area contributed by atoms with Gasteiger partial charge in [-0.05, 0) is 12.1 Å². The van der Waals surface area contributed by atoms with Gasteiger partial charge in [-0.1, -0.05) is 0 Å². The minimum atomic E-state index is -3.13. The van der Waals surface area contributed by atoms with Crippen LogP contribution in [0.3, 0.4) is 0 Å². The fraction of sp³-hybridized carbons (Fsp3) is 0.200. The lowest BCUT2D eigenvalue weighted by Crippen LogP contribution is -2.09. The Morgan fingerprint density at radius 1 is 1.60 bits per heavy atom. The molecular formula is C5H8N2O2S. The van der Waals surface area contributed by atoms with Crippen LogP contribution < -0.4 is 4.72 Å². The molecule has 56 valence electrons. The Balaban J connectivity index is 2.75. The van der Waals surface area contributed by atoms with E-state index in [2.05, 4.69) is 9.71 Å². The molecule has 0 aromatic carbocycles. The van der Waals surface area contributed by atoms with Crippen LogP contribution in [0.25, 0.3) is 0 Å². The zero-order valence-electron chi connectivity index (χ0n) is 5.46. The van der Waals surface area contributed by atoms with E-state index >= 15 is 0 Å². The van der Waals surface area contributed by atoms with Gasteiger partial charge < -0.3 is 4.98 Å². The average Bonchev–Trinajstić information content (AvgIpc) is 2.12. The van der Waals surface area contributed by atoms with E-state index in [4.69, 9.17) is 0 Å². The van der Waals surface area contributed by atoms with Crippen LogP contribution >= 0.6 is 0 Å². The van der Waals surface area contributed by atoms with Gasteiger partial charge in [0.15, 0.2) is 0 Å². The van der Waals surface area contributed by atoms with Crippen molar-refractivity contribution in [2.45, 2.75) is 0 Å². The summed E-state index contributed by atoms with van der Waals surface area (Å²) < 4.78 is 23.4. The van der Waals surface area contributed by atoms with Gasteiger partial charge in [-0.3, -0.25) is 4.72 Å². The fourth-order valence-corrected chi connectivity index (χ4v) is 1.12. The second kappa shape index (κ2) is 2.34. The van der Waals surface area contributed by atoms with Crippen LogP contribution in [0.2, 0.25) is 0 Å². The van der Waals surface area contributed by atoms with Gasteiger partial charge in [0.05, 0.1) is 6.26 Å². The van der Waals surface area contributed by atoms with Crippen molar-refractivity contribution in [2.75, 3.05) is 11.0 Å². The second-order valence-electron chi connectivity index (χ2n) is 1.96. The van der Waals surface area contributed by atoms with Gasteiger partial charge in [0.2, 0.25) is 10.0 Å². The summed E-state index contributed by atoms with van der Waals surface area (Å²) in [6.45, 7) is 0. The molecule has 0 aliphatic carbocycles. The summed E-state index contributed by atoms with van der Waals surface area (Å²) >= 11 is 0. The molecule has 4 nitrogen and oxygen atoms in total. The van der Waals surface area contributed by atoms with E-state index in [-0.39, 0.29) is 0 Å². The molecule has 1 aromatic heterocycles. The first-order valence-electron chi connectivity index (χ1n) is 2.69. The zero-order chi connectivity index (χ0) is 7.61. The van der Waals surface area contributed by atoms with E-state index < -0.39 is 10.0 Å². The molecule has 0 aliphatic rings. The molecular weight excluding hydrogens is 152 g/mol. The van der Waals surface area contributed by atoms with Crippen molar-refractivity contribution >= 4 is 15.8 Å². The molecule has 5 heteroatoms. The molecule has 0 saturated heterocycles. The molecule has 0 atom stereocenters. The van der Waals surface area contributed by atoms with Crippen molar-refractivity contribution in [1.82, 2.24) is 4.98 Å². The molecule has 1 aromatic rings. The van der Waals surface area contributed by atoms with Crippen LogP contribution in [0.1, 0.15) is 0 Å². The lowest BCUT2D eigenvalue weighted by Gasteiger charge is -1.97. The van der Waals surface area contributed by atoms with Crippen LogP contribution in [-0.2, 0) is 10.0 Å². The molecule has 0 saturated carbocycles. The van der Waals surface area contributed by atoms with E-state index in [1.807, 2.05) is 0 Å². The standard InChI is InChI=1S/C5H8N2O2S/c1-10(8,9)7-5-3-2-4-6-5/h2-4,6-7H,1H3. The molecule has 0 unspecified atom stereocenters. The third kappa shape index (κ3) is 2.10. The van der Waals surface area contributed by atoms with E-state index in [1.54, 1.807) is 18.3 Å². The highest BCUT2D eigenvalue weighted by atomic mass is 32.2. The SMILES string of the molecule is CS(=O)(=O)Nc1ccc[nH]1. The number of hydrogen-bond donors (Lipinski definition) is 2. The Labute approximate surface area is 59.3 Å². The third-order valence-electron chi connectivity index (χ3n) is 0.893. The minimum absolute atomic E-state index is 0.488. The van der Waals surface area contributed by atoms with Gasteiger partial charge in [-0.15, -0.1) is 0 Å². The summed E-state index contributed by atoms with van der Waals surface area (Å²) in [7, 11) is -3.13. The molecule has 0 bridgehead atoms. The van der Waals surface area contributed by atoms with Crippen LogP contribution in [-0.4, -0.2) is 19.7 Å². The fourth-order valence-electron chi connectivity index (χ4n) is 0.594. The zero-order valence-corrected chi connectivity index (χ0v) is 6.27. The van der Waals surface area contributed by atoms with Crippen molar-refractivity contribution in [3.05, 3.63) is 18.3 Å². The first-order valence-corrected chi connectivity index (χ1v) is 4.58. The van der Waals surface area contributed by atoms with Gasteiger partial charge in [0.25, 0.3) is 0 Å². The smallest absolute Gasteiger partial charge is 0.230 e. The average molecular weight is 160 g/mol. The Bertz CT molecular complexity index is 287. The summed E-state index contributed by atoms with van der Waals surface area (Å²) in [5, 5.41) is 0. The first kappa shape index (κ1) is 7.14. The molecule has 0 spiro atoms. The molecule has 1 heterocycles. The number of anilines is 1. The van der Waals surface area contributed by atoms with Crippen molar-refractivity contribution in [3.8, 4) is 0 Å². The Hall–Kier alpha value is -0.970.